The van der Waals surface area contributed by atoms with Crippen LogP contribution in [0.15, 0.2) is 48.5 Å². The maximum absolute atomic E-state index is 12.0. The van der Waals surface area contributed by atoms with Gasteiger partial charge in [0.2, 0.25) is 11.6 Å². The first-order valence-electron chi connectivity index (χ1n) is 6.22. The number of benzene rings is 2. The monoisotopic (exact) mass is 286 g/mol. The zero-order chi connectivity index (χ0) is 15.4. The van der Waals surface area contributed by atoms with Gasteiger partial charge in [0.05, 0.1) is 7.11 Å². The number of aliphatic hydroxyl groups is 1. The average Bonchev–Trinajstić information content (AvgIpc) is 2.53. The quantitative estimate of drug-likeness (QED) is 0.647. The molecule has 0 aliphatic carbocycles. The van der Waals surface area contributed by atoms with Crippen LogP contribution in [0.3, 0.4) is 0 Å². The van der Waals surface area contributed by atoms with Crippen LogP contribution >= 0.6 is 0 Å². The molecule has 2 rings (SSSR count). The standard InChI is InChI=1S/C16H14O5/c1-21-13-8-4-11(5-9-13)15(19)16(20)14(18)10-2-6-12(17)7-3-10/h2-9,15,17,19H,1H3. The predicted octanol–water partition coefficient (Wildman–Crippen LogP) is 1.89. The van der Waals surface area contributed by atoms with Gasteiger partial charge in [-0.15, -0.1) is 0 Å². The minimum Gasteiger partial charge on any atom is -0.508 e. The molecule has 0 saturated heterocycles. The summed E-state index contributed by atoms with van der Waals surface area (Å²) in [5.41, 5.74) is 0.429. The maximum Gasteiger partial charge on any atom is 0.236 e. The zero-order valence-corrected chi connectivity index (χ0v) is 11.3. The summed E-state index contributed by atoms with van der Waals surface area (Å²) < 4.78 is 4.98. The second-order valence-electron chi connectivity index (χ2n) is 4.42. The molecule has 2 aromatic rings. The third kappa shape index (κ3) is 3.27. The van der Waals surface area contributed by atoms with E-state index < -0.39 is 17.7 Å². The summed E-state index contributed by atoms with van der Waals surface area (Å²) in [6.45, 7) is 0. The number of aliphatic hydroxyl groups excluding tert-OH is 1. The van der Waals surface area contributed by atoms with Crippen molar-refractivity contribution in [2.24, 2.45) is 0 Å². The smallest absolute Gasteiger partial charge is 0.236 e. The third-order valence-electron chi connectivity index (χ3n) is 3.03. The number of carbonyl (C=O) groups excluding carboxylic acids is 2. The molecule has 1 unspecified atom stereocenters. The lowest BCUT2D eigenvalue weighted by Gasteiger charge is -2.10. The number of phenolic OH excluding ortho intramolecular Hbond substituents is 1. The molecular formula is C16H14O5. The molecule has 2 aromatic carbocycles. The number of aromatic hydroxyl groups is 1. The first-order chi connectivity index (χ1) is 10.0. The lowest BCUT2D eigenvalue weighted by molar-refractivity contribution is -0.122. The fourth-order valence-electron chi connectivity index (χ4n) is 1.82. The van der Waals surface area contributed by atoms with E-state index in [2.05, 4.69) is 0 Å². The summed E-state index contributed by atoms with van der Waals surface area (Å²) in [6, 6.07) is 11.5. The Kier molecular flexibility index (Phi) is 4.35. The Labute approximate surface area is 121 Å². The normalized spacial score (nSPS) is 11.7. The molecule has 0 bridgehead atoms. The molecule has 0 aromatic heterocycles. The van der Waals surface area contributed by atoms with Crippen molar-refractivity contribution in [1.29, 1.82) is 0 Å². The molecule has 5 heteroatoms. The molecule has 1 atom stereocenters. The van der Waals surface area contributed by atoms with E-state index in [4.69, 9.17) is 9.84 Å². The van der Waals surface area contributed by atoms with Crippen molar-refractivity contribution in [1.82, 2.24) is 0 Å². The predicted molar refractivity (Wildman–Crippen MR) is 75.4 cm³/mol. The molecule has 0 amide bonds. The molecule has 0 aliphatic heterocycles. The summed E-state index contributed by atoms with van der Waals surface area (Å²) in [4.78, 5) is 24.0. The lowest BCUT2D eigenvalue weighted by atomic mass is 9.99. The number of hydrogen-bond donors (Lipinski definition) is 2. The van der Waals surface area contributed by atoms with Crippen LogP contribution in [0.5, 0.6) is 11.5 Å². The molecule has 21 heavy (non-hydrogen) atoms. The Morgan fingerprint density at radius 3 is 2.10 bits per heavy atom. The Bertz CT molecular complexity index is 643. The highest BCUT2D eigenvalue weighted by atomic mass is 16.5. The van der Waals surface area contributed by atoms with Crippen LogP contribution in [0.1, 0.15) is 22.0 Å². The molecular weight excluding hydrogens is 272 g/mol. The van der Waals surface area contributed by atoms with Crippen LogP contribution in [0.4, 0.5) is 0 Å². The first kappa shape index (κ1) is 14.7. The molecule has 0 fully saturated rings. The second-order valence-corrected chi connectivity index (χ2v) is 4.42. The van der Waals surface area contributed by atoms with E-state index in [1.165, 1.54) is 43.5 Å². The minimum absolute atomic E-state index is 0.00491. The number of carbonyl (C=O) groups is 2. The number of rotatable bonds is 5. The second kappa shape index (κ2) is 6.19. The Morgan fingerprint density at radius 1 is 1.00 bits per heavy atom. The van der Waals surface area contributed by atoms with Crippen molar-refractivity contribution >= 4 is 11.6 Å². The highest BCUT2D eigenvalue weighted by Gasteiger charge is 2.25. The van der Waals surface area contributed by atoms with Crippen LogP contribution in [0.25, 0.3) is 0 Å². The summed E-state index contributed by atoms with van der Waals surface area (Å²) in [7, 11) is 1.50. The van der Waals surface area contributed by atoms with Gasteiger partial charge in [0.25, 0.3) is 0 Å². The van der Waals surface area contributed by atoms with Gasteiger partial charge in [-0.2, -0.15) is 0 Å². The maximum atomic E-state index is 12.0. The van der Waals surface area contributed by atoms with Crippen molar-refractivity contribution in [3.8, 4) is 11.5 Å². The summed E-state index contributed by atoms with van der Waals surface area (Å²) >= 11 is 0. The van der Waals surface area contributed by atoms with E-state index in [0.29, 0.717) is 11.3 Å². The van der Waals surface area contributed by atoms with E-state index in [1.807, 2.05) is 0 Å². The third-order valence-corrected chi connectivity index (χ3v) is 3.03. The van der Waals surface area contributed by atoms with Crippen LogP contribution < -0.4 is 4.74 Å². The molecule has 0 aliphatic rings. The molecule has 5 nitrogen and oxygen atoms in total. The van der Waals surface area contributed by atoms with Crippen molar-refractivity contribution in [2.75, 3.05) is 7.11 Å². The van der Waals surface area contributed by atoms with E-state index in [0.717, 1.165) is 0 Å². The molecule has 108 valence electrons. The van der Waals surface area contributed by atoms with Gasteiger partial charge in [-0.3, -0.25) is 9.59 Å². The van der Waals surface area contributed by atoms with Crippen molar-refractivity contribution in [3.05, 3.63) is 59.7 Å². The number of Topliss-reactive ketones (excluding diaryl/α,β-unsaturated/α-hetero) is 2. The molecule has 0 heterocycles. The topological polar surface area (TPSA) is 83.8 Å². The van der Waals surface area contributed by atoms with Gasteiger partial charge in [0.1, 0.15) is 17.6 Å². The van der Waals surface area contributed by atoms with E-state index in [1.54, 1.807) is 12.1 Å². The van der Waals surface area contributed by atoms with Gasteiger partial charge in [-0.05, 0) is 42.0 Å². The Morgan fingerprint density at radius 2 is 1.57 bits per heavy atom. The summed E-state index contributed by atoms with van der Waals surface area (Å²) in [5.74, 6) is -1.15. The fourth-order valence-corrected chi connectivity index (χ4v) is 1.82. The van der Waals surface area contributed by atoms with Gasteiger partial charge in [-0.1, -0.05) is 12.1 Å². The number of ketones is 2. The van der Waals surface area contributed by atoms with E-state index in [9.17, 15) is 14.7 Å². The highest BCUT2D eigenvalue weighted by molar-refractivity contribution is 6.45. The molecule has 2 N–H and O–H groups in total. The Hall–Kier alpha value is -2.66. The highest BCUT2D eigenvalue weighted by Crippen LogP contribution is 2.20. The summed E-state index contributed by atoms with van der Waals surface area (Å²) in [6.07, 6.45) is -1.53. The largest absolute Gasteiger partial charge is 0.508 e. The average molecular weight is 286 g/mol. The van der Waals surface area contributed by atoms with Crippen LogP contribution in [-0.4, -0.2) is 28.9 Å². The van der Waals surface area contributed by atoms with Crippen LogP contribution in [0.2, 0.25) is 0 Å². The number of ether oxygens (including phenoxy) is 1. The van der Waals surface area contributed by atoms with Gasteiger partial charge in [-0.25, -0.2) is 0 Å². The van der Waals surface area contributed by atoms with Gasteiger partial charge >= 0.3 is 0 Å². The van der Waals surface area contributed by atoms with Crippen LogP contribution in [-0.2, 0) is 4.79 Å². The minimum atomic E-state index is -1.53. The molecule has 0 spiro atoms. The SMILES string of the molecule is COc1ccc(C(O)C(=O)C(=O)c2ccc(O)cc2)cc1. The number of phenols is 1. The van der Waals surface area contributed by atoms with Gasteiger partial charge in [0.15, 0.2) is 0 Å². The van der Waals surface area contributed by atoms with Crippen molar-refractivity contribution in [2.45, 2.75) is 6.10 Å². The molecule has 0 saturated carbocycles. The van der Waals surface area contributed by atoms with E-state index in [-0.39, 0.29) is 11.3 Å². The van der Waals surface area contributed by atoms with Gasteiger partial charge < -0.3 is 14.9 Å². The number of methoxy groups -OCH3 is 1. The van der Waals surface area contributed by atoms with Crippen molar-refractivity contribution < 1.29 is 24.5 Å². The fraction of sp³-hybridized carbons (Fsp3) is 0.125. The Balaban J connectivity index is 2.17. The van der Waals surface area contributed by atoms with Crippen LogP contribution in [0, 0.1) is 0 Å². The van der Waals surface area contributed by atoms with E-state index >= 15 is 0 Å². The molecule has 0 radical (unpaired) electrons. The first-order valence-corrected chi connectivity index (χ1v) is 6.22. The number of hydrogen-bond acceptors (Lipinski definition) is 5. The summed E-state index contributed by atoms with van der Waals surface area (Å²) in [5, 5.41) is 19.1. The van der Waals surface area contributed by atoms with Crippen molar-refractivity contribution in [3.63, 3.8) is 0 Å². The lowest BCUT2D eigenvalue weighted by Crippen LogP contribution is -2.22. The van der Waals surface area contributed by atoms with Gasteiger partial charge in [0, 0.05) is 5.56 Å². The zero-order valence-electron chi connectivity index (χ0n) is 11.3.